The first-order valence-corrected chi connectivity index (χ1v) is 5.73. The molecule has 0 radical (unpaired) electrons. The Morgan fingerprint density at radius 3 is 2.94 bits per heavy atom. The molecule has 1 N–H and O–H groups in total. The Morgan fingerprint density at radius 1 is 1.33 bits per heavy atom. The maximum atomic E-state index is 13.0. The minimum Gasteiger partial charge on any atom is -0.374 e. The maximum Gasteiger partial charge on any atom is 0.186 e. The zero-order chi connectivity index (χ0) is 12.5. The summed E-state index contributed by atoms with van der Waals surface area (Å²) in [6, 6.07) is 8.68. The lowest BCUT2D eigenvalue weighted by molar-refractivity contribution is 0.0971. The molecule has 0 fully saturated rings. The van der Waals surface area contributed by atoms with Crippen LogP contribution in [0.4, 0.5) is 10.1 Å². The average Bonchev–Trinajstić information content (AvgIpc) is 2.81. The molecule has 3 nitrogen and oxygen atoms in total. The van der Waals surface area contributed by atoms with Crippen LogP contribution in [0.1, 0.15) is 15.9 Å². The summed E-state index contributed by atoms with van der Waals surface area (Å²) in [5.74, 6) is -0.616. The SMILES string of the molecule is O=C(c1cncc(F)c1)C1Cc2ccccc2N1. The van der Waals surface area contributed by atoms with E-state index in [0.29, 0.717) is 12.0 Å². The number of anilines is 1. The van der Waals surface area contributed by atoms with Crippen molar-refractivity contribution in [1.29, 1.82) is 0 Å². The molecule has 3 rings (SSSR count). The van der Waals surface area contributed by atoms with Crippen molar-refractivity contribution in [2.75, 3.05) is 5.32 Å². The number of nitrogens with zero attached hydrogens (tertiary/aromatic N) is 1. The van der Waals surface area contributed by atoms with Gasteiger partial charge in [-0.05, 0) is 17.7 Å². The van der Waals surface area contributed by atoms with Crippen molar-refractivity contribution in [3.8, 4) is 0 Å². The molecule has 1 unspecified atom stereocenters. The van der Waals surface area contributed by atoms with Crippen LogP contribution in [-0.4, -0.2) is 16.8 Å². The van der Waals surface area contributed by atoms with Gasteiger partial charge in [0.2, 0.25) is 0 Å². The van der Waals surface area contributed by atoms with Crippen molar-refractivity contribution in [3.05, 3.63) is 59.7 Å². The van der Waals surface area contributed by atoms with Crippen LogP contribution >= 0.6 is 0 Å². The van der Waals surface area contributed by atoms with Gasteiger partial charge in [0.25, 0.3) is 0 Å². The van der Waals surface area contributed by atoms with Crippen LogP contribution in [0.2, 0.25) is 0 Å². The van der Waals surface area contributed by atoms with Crippen molar-refractivity contribution in [2.24, 2.45) is 0 Å². The molecule has 2 aromatic rings. The van der Waals surface area contributed by atoms with Gasteiger partial charge in [-0.3, -0.25) is 9.78 Å². The minimum atomic E-state index is -0.489. The normalized spacial score (nSPS) is 17.1. The lowest BCUT2D eigenvalue weighted by atomic mass is 10.0. The zero-order valence-electron chi connectivity index (χ0n) is 9.56. The number of ketones is 1. The molecule has 0 amide bonds. The fraction of sp³-hybridized carbons (Fsp3) is 0.143. The van der Waals surface area contributed by atoms with Crippen LogP contribution in [0.3, 0.4) is 0 Å². The van der Waals surface area contributed by atoms with E-state index in [0.717, 1.165) is 17.4 Å². The van der Waals surface area contributed by atoms with Crippen molar-refractivity contribution >= 4 is 11.5 Å². The number of pyridine rings is 1. The number of aromatic nitrogens is 1. The molecular formula is C14H11FN2O. The first-order chi connectivity index (χ1) is 8.74. The van der Waals surface area contributed by atoms with Crippen molar-refractivity contribution < 1.29 is 9.18 Å². The predicted molar refractivity (Wildman–Crippen MR) is 66.1 cm³/mol. The largest absolute Gasteiger partial charge is 0.374 e. The van der Waals surface area contributed by atoms with Gasteiger partial charge in [0.15, 0.2) is 5.78 Å². The highest BCUT2D eigenvalue weighted by Gasteiger charge is 2.27. The fourth-order valence-corrected chi connectivity index (χ4v) is 2.20. The van der Waals surface area contributed by atoms with Gasteiger partial charge in [0.05, 0.1) is 12.2 Å². The number of Topliss-reactive ketones (excluding diaryl/α,β-unsaturated/α-hetero) is 1. The van der Waals surface area contributed by atoms with Gasteiger partial charge in [-0.25, -0.2) is 4.39 Å². The van der Waals surface area contributed by atoms with Crippen molar-refractivity contribution in [3.63, 3.8) is 0 Å². The highest BCUT2D eigenvalue weighted by atomic mass is 19.1. The molecule has 18 heavy (non-hydrogen) atoms. The second-order valence-corrected chi connectivity index (χ2v) is 4.31. The molecule has 1 atom stereocenters. The molecule has 4 heteroatoms. The smallest absolute Gasteiger partial charge is 0.186 e. The summed E-state index contributed by atoms with van der Waals surface area (Å²) >= 11 is 0. The second kappa shape index (κ2) is 4.22. The predicted octanol–water partition coefficient (Wildman–Crippen LogP) is 2.44. The molecule has 0 spiro atoms. The van der Waals surface area contributed by atoms with E-state index in [1.807, 2.05) is 24.3 Å². The van der Waals surface area contributed by atoms with Gasteiger partial charge in [0, 0.05) is 23.9 Å². The van der Waals surface area contributed by atoms with Gasteiger partial charge in [-0.15, -0.1) is 0 Å². The number of fused-ring (bicyclic) bond motifs is 1. The molecular weight excluding hydrogens is 231 g/mol. The average molecular weight is 242 g/mol. The quantitative estimate of drug-likeness (QED) is 0.822. The number of nitrogens with one attached hydrogen (secondary N) is 1. The summed E-state index contributed by atoms with van der Waals surface area (Å²) in [6.07, 6.45) is 3.12. The first kappa shape index (κ1) is 10.9. The van der Waals surface area contributed by atoms with E-state index in [2.05, 4.69) is 10.3 Å². The summed E-state index contributed by atoms with van der Waals surface area (Å²) in [4.78, 5) is 15.9. The second-order valence-electron chi connectivity index (χ2n) is 4.31. The summed E-state index contributed by atoms with van der Waals surface area (Å²) in [5.41, 5.74) is 2.39. The summed E-state index contributed by atoms with van der Waals surface area (Å²) in [7, 11) is 0. The standard InChI is InChI=1S/C14H11FN2O/c15-11-5-10(7-16-8-11)14(18)13-6-9-3-1-2-4-12(9)17-13/h1-5,7-8,13,17H,6H2. The Hall–Kier alpha value is -2.23. The van der Waals surface area contributed by atoms with Crippen LogP contribution in [-0.2, 0) is 6.42 Å². The molecule has 0 aliphatic carbocycles. The molecule has 0 bridgehead atoms. The Morgan fingerprint density at radius 2 is 2.17 bits per heavy atom. The van der Waals surface area contributed by atoms with Crippen LogP contribution in [0.5, 0.6) is 0 Å². The lowest BCUT2D eigenvalue weighted by Gasteiger charge is -2.09. The first-order valence-electron chi connectivity index (χ1n) is 5.73. The van der Waals surface area contributed by atoms with Gasteiger partial charge in [0.1, 0.15) is 5.82 Å². The third-order valence-electron chi connectivity index (χ3n) is 3.08. The Balaban J connectivity index is 1.84. The lowest BCUT2D eigenvalue weighted by Crippen LogP contribution is -2.27. The summed E-state index contributed by atoms with van der Waals surface area (Å²) < 4.78 is 13.0. The van der Waals surface area contributed by atoms with E-state index in [9.17, 15) is 9.18 Å². The maximum absolute atomic E-state index is 13.0. The van der Waals surface area contributed by atoms with Crippen molar-refractivity contribution in [1.82, 2.24) is 4.98 Å². The molecule has 1 aliphatic heterocycles. The number of benzene rings is 1. The zero-order valence-corrected chi connectivity index (χ0v) is 9.56. The molecule has 0 saturated heterocycles. The number of rotatable bonds is 2. The Labute approximate surface area is 104 Å². The minimum absolute atomic E-state index is 0.127. The third kappa shape index (κ3) is 1.86. The number of carbonyl (C=O) groups excluding carboxylic acids is 1. The van der Waals surface area contributed by atoms with Gasteiger partial charge < -0.3 is 5.32 Å². The van der Waals surface area contributed by atoms with Crippen molar-refractivity contribution in [2.45, 2.75) is 12.5 Å². The molecule has 0 saturated carbocycles. The molecule has 90 valence electrons. The van der Waals surface area contributed by atoms with Gasteiger partial charge in [-0.1, -0.05) is 18.2 Å². The number of halogens is 1. The number of para-hydroxylation sites is 1. The topological polar surface area (TPSA) is 42.0 Å². The highest BCUT2D eigenvalue weighted by Crippen LogP contribution is 2.26. The van der Waals surface area contributed by atoms with Crippen LogP contribution in [0.25, 0.3) is 0 Å². The molecule has 2 heterocycles. The summed E-state index contributed by atoms with van der Waals surface area (Å²) in [6.45, 7) is 0. The van der Waals surface area contributed by atoms with Gasteiger partial charge in [-0.2, -0.15) is 0 Å². The number of hydrogen-bond acceptors (Lipinski definition) is 3. The van der Waals surface area contributed by atoms with Crippen LogP contribution in [0, 0.1) is 5.82 Å². The van der Waals surface area contributed by atoms with E-state index in [1.165, 1.54) is 12.3 Å². The van der Waals surface area contributed by atoms with Crippen LogP contribution in [0.15, 0.2) is 42.7 Å². The summed E-state index contributed by atoms with van der Waals surface area (Å²) in [5, 5.41) is 3.15. The Bertz CT molecular complexity index is 587. The molecule has 1 aromatic carbocycles. The van der Waals surface area contributed by atoms with E-state index in [4.69, 9.17) is 0 Å². The molecule has 1 aromatic heterocycles. The Kier molecular flexibility index (Phi) is 2.55. The van der Waals surface area contributed by atoms with E-state index < -0.39 is 5.82 Å². The third-order valence-corrected chi connectivity index (χ3v) is 3.08. The van der Waals surface area contributed by atoms with E-state index >= 15 is 0 Å². The fourth-order valence-electron chi connectivity index (χ4n) is 2.20. The monoisotopic (exact) mass is 242 g/mol. The van der Waals surface area contributed by atoms with Crippen LogP contribution < -0.4 is 5.32 Å². The number of hydrogen-bond donors (Lipinski definition) is 1. The van der Waals surface area contributed by atoms with E-state index in [1.54, 1.807) is 0 Å². The highest BCUT2D eigenvalue weighted by molar-refractivity contribution is 6.02. The number of carbonyl (C=O) groups is 1. The van der Waals surface area contributed by atoms with Gasteiger partial charge >= 0.3 is 0 Å². The van der Waals surface area contributed by atoms with E-state index in [-0.39, 0.29) is 11.8 Å². The molecule has 1 aliphatic rings.